The Hall–Kier alpha value is -2.45. The molecular formula is C21H21NO5S2. The molecule has 4 rings (SSSR count). The number of aryl methyl sites for hydroxylation is 1. The van der Waals surface area contributed by atoms with Crippen LogP contribution in [0.1, 0.15) is 34.3 Å². The maximum Gasteiger partial charge on any atom is 0.290 e. The third-order valence-corrected chi connectivity index (χ3v) is 7.84. The molecule has 3 heterocycles. The lowest BCUT2D eigenvalue weighted by atomic mass is 10.1. The molecule has 6 nitrogen and oxygen atoms in total. The zero-order chi connectivity index (χ0) is 20.6. The van der Waals surface area contributed by atoms with Crippen molar-refractivity contribution in [1.29, 1.82) is 0 Å². The first kappa shape index (κ1) is 19.8. The van der Waals surface area contributed by atoms with E-state index in [4.69, 9.17) is 4.42 Å². The topological polar surface area (TPSA) is 84.7 Å². The first-order valence-electron chi connectivity index (χ1n) is 9.47. The Bertz CT molecular complexity index is 1210. The first-order chi connectivity index (χ1) is 13.9. The molecule has 0 spiro atoms. The molecule has 1 aliphatic heterocycles. The molecule has 2 aromatic heterocycles. The summed E-state index contributed by atoms with van der Waals surface area (Å²) in [6.45, 7) is 2.28. The van der Waals surface area contributed by atoms with E-state index in [1.54, 1.807) is 12.1 Å². The van der Waals surface area contributed by atoms with Crippen LogP contribution in [0, 0.1) is 0 Å². The zero-order valence-corrected chi connectivity index (χ0v) is 17.6. The van der Waals surface area contributed by atoms with Crippen LogP contribution in [-0.4, -0.2) is 36.8 Å². The lowest BCUT2D eigenvalue weighted by Gasteiger charge is -2.27. The summed E-state index contributed by atoms with van der Waals surface area (Å²) in [5, 5.41) is 2.35. The number of rotatable bonds is 5. The van der Waals surface area contributed by atoms with E-state index in [-0.39, 0.29) is 29.2 Å². The van der Waals surface area contributed by atoms with Crippen molar-refractivity contribution in [2.24, 2.45) is 0 Å². The second kappa shape index (κ2) is 7.76. The monoisotopic (exact) mass is 431 g/mol. The van der Waals surface area contributed by atoms with Crippen LogP contribution in [0.4, 0.5) is 0 Å². The van der Waals surface area contributed by atoms with Crippen molar-refractivity contribution in [1.82, 2.24) is 4.90 Å². The van der Waals surface area contributed by atoms with Gasteiger partial charge in [-0.1, -0.05) is 19.1 Å². The van der Waals surface area contributed by atoms with Crippen LogP contribution in [0.2, 0.25) is 0 Å². The number of hydrogen-bond acceptors (Lipinski definition) is 6. The molecule has 0 aliphatic carbocycles. The molecule has 0 saturated carbocycles. The molecule has 0 bridgehead atoms. The zero-order valence-electron chi connectivity index (χ0n) is 16.0. The van der Waals surface area contributed by atoms with Crippen LogP contribution in [0.25, 0.3) is 11.0 Å². The molecular weight excluding hydrogens is 410 g/mol. The van der Waals surface area contributed by atoms with Crippen LogP contribution >= 0.6 is 11.3 Å². The van der Waals surface area contributed by atoms with Gasteiger partial charge in [0.2, 0.25) is 0 Å². The number of fused-ring (bicyclic) bond motifs is 1. The van der Waals surface area contributed by atoms with Gasteiger partial charge >= 0.3 is 0 Å². The highest BCUT2D eigenvalue weighted by molar-refractivity contribution is 7.91. The van der Waals surface area contributed by atoms with Gasteiger partial charge in [-0.05, 0) is 42.0 Å². The largest absolute Gasteiger partial charge is 0.451 e. The smallest absolute Gasteiger partial charge is 0.290 e. The van der Waals surface area contributed by atoms with Gasteiger partial charge in [-0.3, -0.25) is 9.59 Å². The van der Waals surface area contributed by atoms with Gasteiger partial charge in [-0.15, -0.1) is 11.3 Å². The average Bonchev–Trinajstić information content (AvgIpc) is 3.34. The van der Waals surface area contributed by atoms with Crippen molar-refractivity contribution in [2.45, 2.75) is 32.4 Å². The fourth-order valence-corrected chi connectivity index (χ4v) is 6.06. The van der Waals surface area contributed by atoms with Crippen LogP contribution in [-0.2, 0) is 22.8 Å². The summed E-state index contributed by atoms with van der Waals surface area (Å²) in [7, 11) is -3.17. The Kier molecular flexibility index (Phi) is 5.31. The van der Waals surface area contributed by atoms with Gasteiger partial charge in [0.1, 0.15) is 5.58 Å². The Morgan fingerprint density at radius 1 is 1.28 bits per heavy atom. The van der Waals surface area contributed by atoms with Crippen LogP contribution in [0.15, 0.2) is 51.0 Å². The Morgan fingerprint density at radius 2 is 2.10 bits per heavy atom. The first-order valence-corrected chi connectivity index (χ1v) is 12.2. The number of sulfone groups is 1. The number of thiophene rings is 1. The number of hydrogen-bond donors (Lipinski definition) is 0. The van der Waals surface area contributed by atoms with E-state index in [0.29, 0.717) is 17.4 Å². The minimum atomic E-state index is -3.17. The van der Waals surface area contributed by atoms with Crippen LogP contribution in [0.5, 0.6) is 0 Å². The van der Waals surface area contributed by atoms with E-state index in [1.807, 2.05) is 30.5 Å². The fourth-order valence-electron chi connectivity index (χ4n) is 3.63. The van der Waals surface area contributed by atoms with Crippen molar-refractivity contribution in [3.05, 3.63) is 68.2 Å². The summed E-state index contributed by atoms with van der Waals surface area (Å²) >= 11 is 1.50. The minimum absolute atomic E-state index is 0.0624. The van der Waals surface area contributed by atoms with Crippen molar-refractivity contribution < 1.29 is 17.6 Å². The summed E-state index contributed by atoms with van der Waals surface area (Å²) in [6, 6.07) is 9.92. The van der Waals surface area contributed by atoms with E-state index in [2.05, 4.69) is 0 Å². The highest BCUT2D eigenvalue weighted by Crippen LogP contribution is 2.24. The van der Waals surface area contributed by atoms with E-state index in [9.17, 15) is 18.0 Å². The normalized spacial score (nSPS) is 18.2. The van der Waals surface area contributed by atoms with Gasteiger partial charge in [0, 0.05) is 17.0 Å². The molecule has 152 valence electrons. The molecule has 1 aromatic carbocycles. The number of amides is 1. The number of carbonyl (C=O) groups is 1. The van der Waals surface area contributed by atoms with Crippen molar-refractivity contribution in [2.75, 3.05) is 11.5 Å². The second-order valence-corrected chi connectivity index (χ2v) is 10.5. The Balaban J connectivity index is 1.72. The van der Waals surface area contributed by atoms with Gasteiger partial charge < -0.3 is 9.32 Å². The van der Waals surface area contributed by atoms with E-state index >= 15 is 0 Å². The van der Waals surface area contributed by atoms with E-state index in [0.717, 1.165) is 16.9 Å². The molecule has 1 aliphatic rings. The average molecular weight is 432 g/mol. The van der Waals surface area contributed by atoms with Gasteiger partial charge in [-0.25, -0.2) is 8.42 Å². The van der Waals surface area contributed by atoms with Crippen LogP contribution < -0.4 is 5.43 Å². The molecule has 1 atom stereocenters. The highest BCUT2D eigenvalue weighted by atomic mass is 32.2. The third-order valence-electron chi connectivity index (χ3n) is 5.23. The summed E-state index contributed by atoms with van der Waals surface area (Å²) in [5.41, 5.74) is 1.09. The Morgan fingerprint density at radius 3 is 2.76 bits per heavy atom. The SMILES string of the molecule is CCc1ccc2oc(C(=O)N(Cc3cccs3)[C@H]3CCS(=O)(=O)C3)cc(=O)c2c1. The van der Waals surface area contributed by atoms with Gasteiger partial charge in [-0.2, -0.15) is 0 Å². The summed E-state index contributed by atoms with van der Waals surface area (Å²) in [6.07, 6.45) is 1.18. The number of benzene rings is 1. The van der Waals surface area contributed by atoms with Crippen molar-refractivity contribution in [3.8, 4) is 0 Å². The standard InChI is InChI=1S/C21H21NO5S2/c1-2-14-5-6-19-17(10-14)18(23)11-20(27-19)21(24)22(12-16-4-3-8-28-16)15-7-9-29(25,26)13-15/h3-6,8,10-11,15H,2,7,9,12-13H2,1H3/t15-/m0/s1. The molecule has 0 unspecified atom stereocenters. The third kappa shape index (κ3) is 4.13. The number of nitrogens with zero attached hydrogens (tertiary/aromatic N) is 1. The van der Waals surface area contributed by atoms with Gasteiger partial charge in [0.25, 0.3) is 5.91 Å². The fraction of sp³-hybridized carbons (Fsp3) is 0.333. The molecule has 29 heavy (non-hydrogen) atoms. The molecule has 0 radical (unpaired) electrons. The number of carbonyl (C=O) groups excluding carboxylic acids is 1. The van der Waals surface area contributed by atoms with Gasteiger partial charge in [0.05, 0.1) is 23.4 Å². The maximum absolute atomic E-state index is 13.3. The lowest BCUT2D eigenvalue weighted by Crippen LogP contribution is -2.40. The highest BCUT2D eigenvalue weighted by Gasteiger charge is 2.36. The molecule has 0 N–H and O–H groups in total. The van der Waals surface area contributed by atoms with Crippen molar-refractivity contribution in [3.63, 3.8) is 0 Å². The van der Waals surface area contributed by atoms with Gasteiger partial charge in [0.15, 0.2) is 21.0 Å². The second-order valence-electron chi connectivity index (χ2n) is 7.23. The lowest BCUT2D eigenvalue weighted by molar-refractivity contribution is 0.0651. The van der Waals surface area contributed by atoms with E-state index in [1.165, 1.54) is 22.3 Å². The van der Waals surface area contributed by atoms with Crippen molar-refractivity contribution >= 4 is 38.1 Å². The molecule has 1 saturated heterocycles. The Labute approximate surface area is 172 Å². The summed E-state index contributed by atoms with van der Waals surface area (Å²) in [5.74, 6) is -0.526. The maximum atomic E-state index is 13.3. The van der Waals surface area contributed by atoms with Crippen LogP contribution in [0.3, 0.4) is 0 Å². The predicted molar refractivity (Wildman–Crippen MR) is 113 cm³/mol. The molecule has 1 amide bonds. The molecule has 1 fully saturated rings. The quantitative estimate of drug-likeness (QED) is 0.619. The van der Waals surface area contributed by atoms with E-state index < -0.39 is 21.8 Å². The predicted octanol–water partition coefficient (Wildman–Crippen LogP) is 3.25. The molecule has 8 heteroatoms. The summed E-state index contributed by atoms with van der Waals surface area (Å²) < 4.78 is 29.8. The summed E-state index contributed by atoms with van der Waals surface area (Å²) in [4.78, 5) is 28.4. The molecule has 3 aromatic rings. The minimum Gasteiger partial charge on any atom is -0.451 e.